The van der Waals surface area contributed by atoms with Crippen molar-refractivity contribution in [2.24, 2.45) is 0 Å². The van der Waals surface area contributed by atoms with Gasteiger partial charge in [-0.05, 0) is 17.7 Å². The molecule has 0 saturated carbocycles. The maximum absolute atomic E-state index is 11.9. The van der Waals surface area contributed by atoms with Crippen molar-refractivity contribution in [3.05, 3.63) is 60.2 Å². The number of ether oxygens (including phenoxy) is 1. The third-order valence-corrected chi connectivity index (χ3v) is 3.08. The molecule has 0 aromatic heterocycles. The third kappa shape index (κ3) is 4.93. The Labute approximate surface area is 125 Å². The van der Waals surface area contributed by atoms with Gasteiger partial charge in [0.15, 0.2) is 0 Å². The summed E-state index contributed by atoms with van der Waals surface area (Å²) < 4.78 is 5.20. The molecule has 0 fully saturated rings. The summed E-state index contributed by atoms with van der Waals surface area (Å²) in [7, 11) is 1.59. The van der Waals surface area contributed by atoms with Crippen LogP contribution in [0.4, 0.5) is 5.69 Å². The highest BCUT2D eigenvalue weighted by Gasteiger charge is 2.06. The molecule has 2 N–H and O–H groups in total. The van der Waals surface area contributed by atoms with E-state index in [1.165, 1.54) is 5.56 Å². The monoisotopic (exact) mass is 284 g/mol. The van der Waals surface area contributed by atoms with Crippen LogP contribution in [-0.4, -0.2) is 19.6 Å². The van der Waals surface area contributed by atoms with E-state index in [0.717, 1.165) is 6.54 Å². The normalized spacial score (nSPS) is 10.1. The zero-order chi connectivity index (χ0) is 14.9. The van der Waals surface area contributed by atoms with Gasteiger partial charge in [0.05, 0.1) is 12.8 Å². The van der Waals surface area contributed by atoms with Crippen LogP contribution in [0, 0.1) is 0 Å². The third-order valence-electron chi connectivity index (χ3n) is 3.08. The number of para-hydroxylation sites is 2. The van der Waals surface area contributed by atoms with Crippen LogP contribution in [-0.2, 0) is 11.3 Å². The van der Waals surface area contributed by atoms with Crippen LogP contribution in [0.5, 0.6) is 5.75 Å². The second-order valence-corrected chi connectivity index (χ2v) is 4.66. The van der Waals surface area contributed by atoms with Crippen molar-refractivity contribution in [1.82, 2.24) is 5.32 Å². The SMILES string of the molecule is COc1ccccc1NC(=O)CCNCc1ccccc1. The summed E-state index contributed by atoms with van der Waals surface area (Å²) in [6, 6.07) is 17.5. The van der Waals surface area contributed by atoms with E-state index in [1.54, 1.807) is 7.11 Å². The number of hydrogen-bond donors (Lipinski definition) is 2. The van der Waals surface area contributed by atoms with Gasteiger partial charge >= 0.3 is 0 Å². The van der Waals surface area contributed by atoms with Gasteiger partial charge in [-0.3, -0.25) is 4.79 Å². The summed E-state index contributed by atoms with van der Waals surface area (Å²) in [5.41, 5.74) is 1.91. The van der Waals surface area contributed by atoms with Crippen molar-refractivity contribution in [3.8, 4) is 5.75 Å². The van der Waals surface area contributed by atoms with Crippen molar-refractivity contribution < 1.29 is 9.53 Å². The van der Waals surface area contributed by atoms with Crippen molar-refractivity contribution >= 4 is 11.6 Å². The van der Waals surface area contributed by atoms with Crippen LogP contribution in [0.25, 0.3) is 0 Å². The average molecular weight is 284 g/mol. The fourth-order valence-corrected chi connectivity index (χ4v) is 1.99. The highest BCUT2D eigenvalue weighted by molar-refractivity contribution is 5.92. The molecule has 2 rings (SSSR count). The minimum Gasteiger partial charge on any atom is -0.495 e. The Hall–Kier alpha value is -2.33. The smallest absolute Gasteiger partial charge is 0.225 e. The Morgan fingerprint density at radius 3 is 2.52 bits per heavy atom. The molecule has 2 aromatic rings. The number of rotatable bonds is 7. The maximum atomic E-state index is 11.9. The van der Waals surface area contributed by atoms with E-state index in [9.17, 15) is 4.79 Å². The fourth-order valence-electron chi connectivity index (χ4n) is 1.99. The molecular weight excluding hydrogens is 264 g/mol. The first-order valence-electron chi connectivity index (χ1n) is 6.97. The van der Waals surface area contributed by atoms with Crippen LogP contribution in [0.2, 0.25) is 0 Å². The zero-order valence-corrected chi connectivity index (χ0v) is 12.1. The molecule has 1 amide bonds. The minimum atomic E-state index is -0.0277. The number of hydrogen-bond acceptors (Lipinski definition) is 3. The second-order valence-electron chi connectivity index (χ2n) is 4.66. The number of methoxy groups -OCH3 is 1. The van der Waals surface area contributed by atoms with Crippen molar-refractivity contribution in [1.29, 1.82) is 0 Å². The van der Waals surface area contributed by atoms with E-state index >= 15 is 0 Å². The molecule has 0 atom stereocenters. The van der Waals surface area contributed by atoms with Crippen LogP contribution in [0.15, 0.2) is 54.6 Å². The van der Waals surface area contributed by atoms with Crippen LogP contribution in [0.1, 0.15) is 12.0 Å². The molecule has 4 nitrogen and oxygen atoms in total. The molecule has 0 unspecified atom stereocenters. The molecule has 21 heavy (non-hydrogen) atoms. The summed E-state index contributed by atoms with van der Waals surface area (Å²) in [5.74, 6) is 0.642. The zero-order valence-electron chi connectivity index (χ0n) is 12.1. The predicted molar refractivity (Wildman–Crippen MR) is 84.4 cm³/mol. The van der Waals surface area contributed by atoms with Crippen LogP contribution < -0.4 is 15.4 Å². The number of anilines is 1. The highest BCUT2D eigenvalue weighted by Crippen LogP contribution is 2.22. The minimum absolute atomic E-state index is 0.0277. The lowest BCUT2D eigenvalue weighted by Crippen LogP contribution is -2.21. The van der Waals surface area contributed by atoms with Gasteiger partial charge in [-0.1, -0.05) is 42.5 Å². The van der Waals surface area contributed by atoms with Gasteiger partial charge < -0.3 is 15.4 Å². The number of benzene rings is 2. The van der Waals surface area contributed by atoms with Crippen molar-refractivity contribution in [2.75, 3.05) is 19.0 Å². The maximum Gasteiger partial charge on any atom is 0.225 e. The van der Waals surface area contributed by atoms with Crippen LogP contribution >= 0.6 is 0 Å². The van der Waals surface area contributed by atoms with Crippen molar-refractivity contribution in [3.63, 3.8) is 0 Å². The Balaban J connectivity index is 1.72. The fraction of sp³-hybridized carbons (Fsp3) is 0.235. The van der Waals surface area contributed by atoms with E-state index in [1.807, 2.05) is 42.5 Å². The summed E-state index contributed by atoms with van der Waals surface area (Å²) in [4.78, 5) is 11.9. The number of carbonyl (C=O) groups is 1. The largest absolute Gasteiger partial charge is 0.495 e. The van der Waals surface area contributed by atoms with Gasteiger partial charge in [0.25, 0.3) is 0 Å². The summed E-state index contributed by atoms with van der Waals surface area (Å²) in [6.45, 7) is 1.40. The molecule has 110 valence electrons. The Morgan fingerprint density at radius 2 is 1.76 bits per heavy atom. The first kappa shape index (κ1) is 15.1. The standard InChI is InChI=1S/C17H20N2O2/c1-21-16-10-6-5-9-15(16)19-17(20)11-12-18-13-14-7-3-2-4-8-14/h2-10,18H,11-13H2,1H3,(H,19,20). The van der Waals surface area contributed by atoms with Gasteiger partial charge in [0.2, 0.25) is 5.91 Å². The highest BCUT2D eigenvalue weighted by atomic mass is 16.5. The van der Waals surface area contributed by atoms with Gasteiger partial charge in [0.1, 0.15) is 5.75 Å². The molecule has 0 bridgehead atoms. The van der Waals surface area contributed by atoms with Crippen molar-refractivity contribution in [2.45, 2.75) is 13.0 Å². The molecular formula is C17H20N2O2. The Morgan fingerprint density at radius 1 is 1.05 bits per heavy atom. The number of nitrogens with one attached hydrogen (secondary N) is 2. The number of amides is 1. The van der Waals surface area contributed by atoms with E-state index in [2.05, 4.69) is 22.8 Å². The first-order chi connectivity index (χ1) is 10.3. The molecule has 2 aromatic carbocycles. The molecule has 0 saturated heterocycles. The van der Waals surface area contributed by atoms with E-state index < -0.39 is 0 Å². The van der Waals surface area contributed by atoms with Gasteiger partial charge in [-0.15, -0.1) is 0 Å². The first-order valence-corrected chi connectivity index (χ1v) is 6.97. The average Bonchev–Trinajstić information content (AvgIpc) is 2.53. The van der Waals surface area contributed by atoms with E-state index in [4.69, 9.17) is 4.74 Å². The lowest BCUT2D eigenvalue weighted by atomic mass is 10.2. The van der Waals surface area contributed by atoms with Gasteiger partial charge in [0, 0.05) is 19.5 Å². The van der Waals surface area contributed by atoms with Crippen LogP contribution in [0.3, 0.4) is 0 Å². The van der Waals surface area contributed by atoms with E-state index in [0.29, 0.717) is 24.4 Å². The van der Waals surface area contributed by atoms with E-state index in [-0.39, 0.29) is 5.91 Å². The molecule has 4 heteroatoms. The summed E-state index contributed by atoms with van der Waals surface area (Å²) in [6.07, 6.45) is 0.422. The van der Waals surface area contributed by atoms with Gasteiger partial charge in [-0.2, -0.15) is 0 Å². The topological polar surface area (TPSA) is 50.4 Å². The lowest BCUT2D eigenvalue weighted by Gasteiger charge is -2.10. The quantitative estimate of drug-likeness (QED) is 0.769. The molecule has 0 aliphatic rings. The predicted octanol–water partition coefficient (Wildman–Crippen LogP) is 2.81. The summed E-state index contributed by atoms with van der Waals surface area (Å²) >= 11 is 0. The Bertz CT molecular complexity index is 570. The molecule has 0 heterocycles. The lowest BCUT2D eigenvalue weighted by molar-refractivity contribution is -0.116. The molecule has 0 radical (unpaired) electrons. The summed E-state index contributed by atoms with van der Waals surface area (Å²) in [5, 5.41) is 6.11. The molecule has 0 aliphatic carbocycles. The number of carbonyl (C=O) groups excluding carboxylic acids is 1. The molecule has 0 spiro atoms. The Kier molecular flexibility index (Phi) is 5.79. The second kappa shape index (κ2) is 8.07. The molecule has 0 aliphatic heterocycles. The van der Waals surface area contributed by atoms with Gasteiger partial charge in [-0.25, -0.2) is 0 Å².